The molecule has 0 radical (unpaired) electrons. The van der Waals surface area contributed by atoms with Crippen LogP contribution >= 0.6 is 33.0 Å². The predicted octanol–water partition coefficient (Wildman–Crippen LogP) is 4.12. The van der Waals surface area contributed by atoms with E-state index >= 15 is 0 Å². The first-order chi connectivity index (χ1) is 14.4. The Morgan fingerprint density at radius 3 is 1.73 bits per heavy atom. The Morgan fingerprint density at radius 1 is 0.900 bits per heavy atom. The Hall–Kier alpha value is -1.78. The predicted molar refractivity (Wildman–Crippen MR) is 114 cm³/mol. The van der Waals surface area contributed by atoms with Crippen molar-refractivity contribution in [1.29, 1.82) is 0 Å². The lowest BCUT2D eigenvalue weighted by atomic mass is 10.2. The number of alkyl halides is 1. The maximum Gasteiger partial charge on any atom is 0.231 e. The van der Waals surface area contributed by atoms with Crippen LogP contribution < -0.4 is 28.4 Å². The molecular weight excluding hydrogens is 483 g/mol. The van der Waals surface area contributed by atoms with Crippen molar-refractivity contribution in [3.8, 4) is 34.5 Å². The summed E-state index contributed by atoms with van der Waals surface area (Å²) in [5.41, 5.74) is 1.71. The van der Waals surface area contributed by atoms with Gasteiger partial charge in [0.2, 0.25) is 34.3 Å². The van der Waals surface area contributed by atoms with Crippen LogP contribution in [0, 0.1) is 0 Å². The van der Waals surface area contributed by atoms with Crippen LogP contribution in [0.5, 0.6) is 34.5 Å². The molecule has 0 atom stereocenters. The van der Waals surface area contributed by atoms with Gasteiger partial charge in [-0.3, -0.25) is 0 Å². The van der Waals surface area contributed by atoms with Gasteiger partial charge >= 0.3 is 0 Å². The topological polar surface area (TPSA) is 92.7 Å². The van der Waals surface area contributed by atoms with Gasteiger partial charge in [0.05, 0.1) is 20.8 Å². The average molecular weight is 502 g/mol. The normalized spacial score (nSPS) is 12.5. The molecule has 166 valence electrons. The van der Waals surface area contributed by atoms with Gasteiger partial charge in [0, 0.05) is 27.2 Å². The van der Waals surface area contributed by atoms with E-state index in [1.54, 1.807) is 26.4 Å². The van der Waals surface area contributed by atoms with Crippen molar-refractivity contribution in [1.82, 2.24) is 0 Å². The highest BCUT2D eigenvalue weighted by Crippen LogP contribution is 2.42. The fourth-order valence-electron chi connectivity index (χ4n) is 2.54. The molecule has 0 saturated carbocycles. The van der Waals surface area contributed by atoms with E-state index in [2.05, 4.69) is 21.4 Å². The number of aliphatic hydroxyl groups excluding tert-OH is 1. The van der Waals surface area contributed by atoms with Gasteiger partial charge in [0.25, 0.3) is 0 Å². The summed E-state index contributed by atoms with van der Waals surface area (Å²) in [6, 6.07) is 7.18. The first kappa shape index (κ1) is 24.5. The highest BCUT2D eigenvalue weighted by Gasteiger charge is 2.20. The summed E-state index contributed by atoms with van der Waals surface area (Å²) in [5.74, 6) is 4.31. The Balaban J connectivity index is 0.000000182. The minimum atomic E-state index is -1.67. The summed E-state index contributed by atoms with van der Waals surface area (Å²) in [5, 5.41) is 8.94. The molecule has 12 heteroatoms. The van der Waals surface area contributed by atoms with Crippen LogP contribution in [0.15, 0.2) is 24.3 Å². The SMILES string of the molecule is COc1cc(CCl)cc2c1OCO2.COc1cc(CO)cc2c1OCO2.O=S(Cl)Cl. The number of benzene rings is 2. The summed E-state index contributed by atoms with van der Waals surface area (Å²) in [6.07, 6.45) is 0. The third-order valence-corrected chi connectivity index (χ3v) is 4.08. The van der Waals surface area contributed by atoms with Crippen LogP contribution in [0.2, 0.25) is 0 Å². The Bertz CT molecular complexity index is 811. The summed E-state index contributed by atoms with van der Waals surface area (Å²) >= 11 is 5.71. The number of rotatable bonds is 4. The Labute approximate surface area is 189 Å². The largest absolute Gasteiger partial charge is 0.493 e. The molecule has 30 heavy (non-hydrogen) atoms. The van der Waals surface area contributed by atoms with Crippen molar-refractivity contribution >= 4 is 42.2 Å². The van der Waals surface area contributed by atoms with E-state index in [-0.39, 0.29) is 20.2 Å². The fraction of sp³-hybridized carbons (Fsp3) is 0.333. The molecule has 2 aromatic carbocycles. The van der Waals surface area contributed by atoms with Crippen LogP contribution in [0.1, 0.15) is 11.1 Å². The molecule has 0 bridgehead atoms. The first-order valence-electron chi connectivity index (χ1n) is 8.27. The highest BCUT2D eigenvalue weighted by atomic mass is 36.0. The lowest BCUT2D eigenvalue weighted by molar-refractivity contribution is 0.171. The molecular formula is C18H19Cl3O8S. The van der Waals surface area contributed by atoms with Crippen LogP contribution in [0.3, 0.4) is 0 Å². The van der Waals surface area contributed by atoms with Gasteiger partial charge in [-0.15, -0.1) is 11.6 Å². The molecule has 0 aromatic heterocycles. The number of methoxy groups -OCH3 is 2. The summed E-state index contributed by atoms with van der Waals surface area (Å²) in [6.45, 7) is 0.422. The van der Waals surface area contributed by atoms with Gasteiger partial charge in [-0.2, -0.15) is 0 Å². The Morgan fingerprint density at radius 2 is 1.33 bits per heavy atom. The molecule has 0 fully saturated rings. The van der Waals surface area contributed by atoms with Crippen molar-refractivity contribution in [2.75, 3.05) is 27.8 Å². The standard InChI is InChI=1S/C9H9ClO3.C9H10O4.Cl2OS/c2*1-11-7-2-6(4-10)3-8-9(7)13-5-12-8;1-4(2)3/h2-3H,4-5H2,1H3;2-3,10H,4-5H2,1H3;. The molecule has 2 aliphatic heterocycles. The van der Waals surface area contributed by atoms with Crippen molar-refractivity contribution in [3.05, 3.63) is 35.4 Å². The number of ether oxygens (including phenoxy) is 6. The molecule has 2 aromatic rings. The minimum absolute atomic E-state index is 0.0347. The van der Waals surface area contributed by atoms with Crippen molar-refractivity contribution < 1.29 is 37.7 Å². The molecule has 2 aliphatic rings. The van der Waals surface area contributed by atoms with E-state index in [0.29, 0.717) is 40.4 Å². The molecule has 0 aliphatic carbocycles. The second kappa shape index (κ2) is 12.2. The zero-order chi connectivity index (χ0) is 22.1. The summed E-state index contributed by atoms with van der Waals surface area (Å²) < 4.78 is 40.1. The molecule has 0 unspecified atom stereocenters. The molecule has 8 nitrogen and oxygen atoms in total. The van der Waals surface area contributed by atoms with Gasteiger partial charge < -0.3 is 33.5 Å². The second-order valence-corrected chi connectivity index (χ2v) is 8.33. The van der Waals surface area contributed by atoms with Crippen LogP contribution in [0.25, 0.3) is 0 Å². The zero-order valence-electron chi connectivity index (χ0n) is 16.0. The maximum absolute atomic E-state index is 9.09. The quantitative estimate of drug-likeness (QED) is 0.494. The van der Waals surface area contributed by atoms with E-state index in [0.717, 1.165) is 11.1 Å². The van der Waals surface area contributed by atoms with E-state index in [1.807, 2.05) is 12.1 Å². The number of fused-ring (bicyclic) bond motifs is 2. The van der Waals surface area contributed by atoms with E-state index in [4.69, 9.17) is 49.3 Å². The highest BCUT2D eigenvalue weighted by molar-refractivity contribution is 8.26. The fourth-order valence-corrected chi connectivity index (χ4v) is 2.69. The van der Waals surface area contributed by atoms with Gasteiger partial charge in [-0.05, 0) is 35.4 Å². The van der Waals surface area contributed by atoms with E-state index in [9.17, 15) is 0 Å². The number of halogens is 3. The van der Waals surface area contributed by atoms with E-state index < -0.39 is 9.23 Å². The van der Waals surface area contributed by atoms with Crippen LogP contribution in [0.4, 0.5) is 0 Å². The van der Waals surface area contributed by atoms with Crippen LogP contribution in [-0.2, 0) is 21.7 Å². The maximum atomic E-state index is 9.09. The summed E-state index contributed by atoms with van der Waals surface area (Å²) in [7, 11) is 10.5. The molecule has 1 N–H and O–H groups in total. The smallest absolute Gasteiger partial charge is 0.231 e. The van der Waals surface area contributed by atoms with E-state index in [1.165, 1.54) is 0 Å². The van der Waals surface area contributed by atoms with Gasteiger partial charge in [-0.25, -0.2) is 4.21 Å². The zero-order valence-corrected chi connectivity index (χ0v) is 19.1. The third-order valence-electron chi connectivity index (χ3n) is 3.77. The first-order valence-corrected chi connectivity index (χ1v) is 11.6. The monoisotopic (exact) mass is 500 g/mol. The van der Waals surface area contributed by atoms with Crippen molar-refractivity contribution in [2.24, 2.45) is 0 Å². The summed E-state index contributed by atoms with van der Waals surface area (Å²) in [4.78, 5) is 0. The number of aliphatic hydroxyl groups is 1. The lowest BCUT2D eigenvalue weighted by Gasteiger charge is -2.05. The van der Waals surface area contributed by atoms with Crippen LogP contribution in [-0.4, -0.2) is 37.1 Å². The van der Waals surface area contributed by atoms with Gasteiger partial charge in [0.15, 0.2) is 23.0 Å². The van der Waals surface area contributed by atoms with Gasteiger partial charge in [0.1, 0.15) is 0 Å². The van der Waals surface area contributed by atoms with Gasteiger partial charge in [-0.1, -0.05) is 0 Å². The minimum Gasteiger partial charge on any atom is -0.493 e. The number of hydrogen-bond acceptors (Lipinski definition) is 8. The van der Waals surface area contributed by atoms with Crippen molar-refractivity contribution in [2.45, 2.75) is 12.5 Å². The van der Waals surface area contributed by atoms with Crippen molar-refractivity contribution in [3.63, 3.8) is 0 Å². The lowest BCUT2D eigenvalue weighted by Crippen LogP contribution is -1.93. The average Bonchev–Trinajstić information content (AvgIpc) is 3.41. The Kier molecular flexibility index (Phi) is 9.93. The molecule has 0 spiro atoms. The second-order valence-electron chi connectivity index (χ2n) is 5.54. The molecule has 0 amide bonds. The third kappa shape index (κ3) is 6.61. The number of hydrogen-bond donors (Lipinski definition) is 1. The molecule has 2 heterocycles. The molecule has 0 saturated heterocycles. The molecule has 4 rings (SSSR count).